The van der Waals surface area contributed by atoms with Gasteiger partial charge < -0.3 is 4.90 Å². The standard InChI is InChI=1S/C15H23ClN2/c1-12(2)11-18(14-7-3-4-8-14)15-13(10-16)6-5-9-17-15/h5-6,9,12,14H,3-4,7-8,10-11H2,1-2H3. The van der Waals surface area contributed by atoms with Crippen LogP contribution < -0.4 is 4.90 Å². The summed E-state index contributed by atoms with van der Waals surface area (Å²) >= 11 is 6.05. The molecule has 0 atom stereocenters. The minimum absolute atomic E-state index is 0.546. The molecule has 0 spiro atoms. The topological polar surface area (TPSA) is 16.1 Å². The molecule has 1 heterocycles. The van der Waals surface area contributed by atoms with Crippen molar-refractivity contribution in [3.05, 3.63) is 23.9 Å². The van der Waals surface area contributed by atoms with E-state index in [1.165, 1.54) is 25.7 Å². The Kier molecular flexibility index (Phi) is 4.87. The van der Waals surface area contributed by atoms with Gasteiger partial charge in [0, 0.05) is 24.3 Å². The van der Waals surface area contributed by atoms with E-state index >= 15 is 0 Å². The quantitative estimate of drug-likeness (QED) is 0.742. The van der Waals surface area contributed by atoms with E-state index in [-0.39, 0.29) is 0 Å². The minimum Gasteiger partial charge on any atom is -0.353 e. The summed E-state index contributed by atoms with van der Waals surface area (Å²) in [6.07, 6.45) is 7.17. The lowest BCUT2D eigenvalue weighted by Gasteiger charge is -2.33. The molecule has 0 amide bonds. The number of aromatic nitrogens is 1. The molecule has 18 heavy (non-hydrogen) atoms. The van der Waals surface area contributed by atoms with Gasteiger partial charge in [-0.1, -0.05) is 32.8 Å². The third-order valence-electron chi connectivity index (χ3n) is 3.61. The Morgan fingerprint density at radius 2 is 2.11 bits per heavy atom. The maximum absolute atomic E-state index is 6.05. The van der Waals surface area contributed by atoms with Crippen LogP contribution in [0.1, 0.15) is 45.1 Å². The lowest BCUT2D eigenvalue weighted by atomic mass is 10.1. The second kappa shape index (κ2) is 6.42. The van der Waals surface area contributed by atoms with Crippen LogP contribution in [0.3, 0.4) is 0 Å². The fraction of sp³-hybridized carbons (Fsp3) is 0.667. The van der Waals surface area contributed by atoms with Crippen molar-refractivity contribution in [3.8, 4) is 0 Å². The first-order valence-corrected chi connectivity index (χ1v) is 7.52. The molecule has 0 radical (unpaired) electrons. The van der Waals surface area contributed by atoms with Crippen LogP contribution in [-0.2, 0) is 5.88 Å². The largest absolute Gasteiger partial charge is 0.353 e. The molecule has 0 bridgehead atoms. The number of pyridine rings is 1. The molecule has 0 unspecified atom stereocenters. The number of halogens is 1. The molecule has 1 aliphatic carbocycles. The predicted molar refractivity (Wildman–Crippen MR) is 78.2 cm³/mol. The van der Waals surface area contributed by atoms with Gasteiger partial charge in [0.2, 0.25) is 0 Å². The maximum atomic E-state index is 6.05. The Morgan fingerprint density at radius 3 is 2.72 bits per heavy atom. The summed E-state index contributed by atoms with van der Waals surface area (Å²) < 4.78 is 0. The van der Waals surface area contributed by atoms with Crippen molar-refractivity contribution in [3.63, 3.8) is 0 Å². The predicted octanol–water partition coefficient (Wildman–Crippen LogP) is 4.23. The molecule has 1 aliphatic rings. The van der Waals surface area contributed by atoms with Crippen molar-refractivity contribution in [2.75, 3.05) is 11.4 Å². The Labute approximate surface area is 115 Å². The summed E-state index contributed by atoms with van der Waals surface area (Å²) in [5.74, 6) is 2.30. The van der Waals surface area contributed by atoms with Gasteiger partial charge in [-0.15, -0.1) is 11.6 Å². The SMILES string of the molecule is CC(C)CN(c1ncccc1CCl)C1CCCC1. The summed E-state index contributed by atoms with van der Waals surface area (Å²) in [5, 5.41) is 0. The van der Waals surface area contributed by atoms with Gasteiger partial charge in [0.05, 0.1) is 5.88 Å². The Bertz CT molecular complexity index is 373. The van der Waals surface area contributed by atoms with Gasteiger partial charge in [-0.2, -0.15) is 0 Å². The number of nitrogens with zero attached hydrogens (tertiary/aromatic N) is 2. The van der Waals surface area contributed by atoms with Crippen LogP contribution in [0, 0.1) is 5.92 Å². The van der Waals surface area contributed by atoms with Crippen LogP contribution in [-0.4, -0.2) is 17.6 Å². The lowest BCUT2D eigenvalue weighted by Crippen LogP contribution is -2.37. The van der Waals surface area contributed by atoms with Crippen LogP contribution in [0.15, 0.2) is 18.3 Å². The van der Waals surface area contributed by atoms with Crippen molar-refractivity contribution in [1.82, 2.24) is 4.98 Å². The van der Waals surface area contributed by atoms with Crippen molar-refractivity contribution < 1.29 is 0 Å². The van der Waals surface area contributed by atoms with E-state index in [0.717, 1.165) is 17.9 Å². The minimum atomic E-state index is 0.546. The molecule has 1 fully saturated rings. The molecular formula is C15H23ClN2. The van der Waals surface area contributed by atoms with E-state index in [0.29, 0.717) is 17.8 Å². The Hall–Kier alpha value is -0.760. The lowest BCUT2D eigenvalue weighted by molar-refractivity contribution is 0.530. The molecular weight excluding hydrogens is 244 g/mol. The van der Waals surface area contributed by atoms with Gasteiger partial charge in [-0.05, 0) is 24.8 Å². The van der Waals surface area contributed by atoms with Crippen LogP contribution in [0.2, 0.25) is 0 Å². The van der Waals surface area contributed by atoms with E-state index in [1.807, 2.05) is 12.3 Å². The van der Waals surface area contributed by atoms with Gasteiger partial charge in [0.1, 0.15) is 5.82 Å². The van der Waals surface area contributed by atoms with Crippen LogP contribution in [0.5, 0.6) is 0 Å². The highest BCUT2D eigenvalue weighted by molar-refractivity contribution is 6.17. The first-order chi connectivity index (χ1) is 8.72. The number of hydrogen-bond donors (Lipinski definition) is 0. The third kappa shape index (κ3) is 3.17. The maximum Gasteiger partial charge on any atom is 0.133 e. The monoisotopic (exact) mass is 266 g/mol. The zero-order valence-electron chi connectivity index (χ0n) is 11.4. The zero-order valence-corrected chi connectivity index (χ0v) is 12.2. The molecule has 0 aromatic carbocycles. The Morgan fingerprint density at radius 1 is 1.39 bits per heavy atom. The van der Waals surface area contributed by atoms with Crippen molar-refractivity contribution >= 4 is 17.4 Å². The van der Waals surface area contributed by atoms with E-state index in [4.69, 9.17) is 11.6 Å². The van der Waals surface area contributed by atoms with E-state index in [1.54, 1.807) is 0 Å². The van der Waals surface area contributed by atoms with Crippen molar-refractivity contribution in [2.45, 2.75) is 51.5 Å². The van der Waals surface area contributed by atoms with Gasteiger partial charge in [0.15, 0.2) is 0 Å². The molecule has 100 valence electrons. The van der Waals surface area contributed by atoms with Crippen LogP contribution >= 0.6 is 11.6 Å². The van der Waals surface area contributed by atoms with Gasteiger partial charge in [-0.25, -0.2) is 4.98 Å². The fourth-order valence-electron chi connectivity index (χ4n) is 2.81. The van der Waals surface area contributed by atoms with Gasteiger partial charge in [0.25, 0.3) is 0 Å². The second-order valence-electron chi connectivity index (χ2n) is 5.60. The van der Waals surface area contributed by atoms with Gasteiger partial charge in [-0.3, -0.25) is 0 Å². The Balaban J connectivity index is 2.26. The van der Waals surface area contributed by atoms with Crippen molar-refractivity contribution in [2.24, 2.45) is 5.92 Å². The smallest absolute Gasteiger partial charge is 0.133 e. The van der Waals surface area contributed by atoms with E-state index in [9.17, 15) is 0 Å². The summed E-state index contributed by atoms with van der Waals surface area (Å²) in [6, 6.07) is 4.73. The second-order valence-corrected chi connectivity index (χ2v) is 5.87. The zero-order chi connectivity index (χ0) is 13.0. The third-order valence-corrected chi connectivity index (χ3v) is 3.90. The molecule has 3 heteroatoms. The molecule has 1 aromatic rings. The number of hydrogen-bond acceptors (Lipinski definition) is 2. The molecule has 2 nitrogen and oxygen atoms in total. The van der Waals surface area contributed by atoms with Crippen LogP contribution in [0.25, 0.3) is 0 Å². The normalized spacial score (nSPS) is 16.4. The summed E-state index contributed by atoms with van der Waals surface area (Å²) in [6.45, 7) is 5.61. The van der Waals surface area contributed by atoms with Gasteiger partial charge >= 0.3 is 0 Å². The highest BCUT2D eigenvalue weighted by Crippen LogP contribution is 2.30. The molecule has 0 aliphatic heterocycles. The number of anilines is 1. The molecule has 0 N–H and O–H groups in total. The first-order valence-electron chi connectivity index (χ1n) is 6.99. The fourth-order valence-corrected chi connectivity index (χ4v) is 3.02. The molecule has 0 saturated heterocycles. The molecule has 1 saturated carbocycles. The summed E-state index contributed by atoms with van der Waals surface area (Å²) in [5.41, 5.74) is 1.16. The molecule has 1 aromatic heterocycles. The average molecular weight is 267 g/mol. The van der Waals surface area contributed by atoms with Crippen molar-refractivity contribution in [1.29, 1.82) is 0 Å². The highest BCUT2D eigenvalue weighted by Gasteiger charge is 2.25. The van der Waals surface area contributed by atoms with E-state index < -0.39 is 0 Å². The van der Waals surface area contributed by atoms with Crippen LogP contribution in [0.4, 0.5) is 5.82 Å². The highest BCUT2D eigenvalue weighted by atomic mass is 35.5. The number of alkyl halides is 1. The number of rotatable bonds is 5. The molecule has 2 rings (SSSR count). The van der Waals surface area contributed by atoms with E-state index in [2.05, 4.69) is 29.8 Å². The first kappa shape index (κ1) is 13.7. The summed E-state index contributed by atoms with van der Waals surface area (Å²) in [7, 11) is 0. The summed E-state index contributed by atoms with van der Waals surface area (Å²) in [4.78, 5) is 7.08. The average Bonchev–Trinajstić information content (AvgIpc) is 2.89.